The number of aliphatic hydroxyl groups is 1. The third-order valence-electron chi connectivity index (χ3n) is 2.19. The second-order valence-corrected chi connectivity index (χ2v) is 4.67. The minimum Gasteiger partial charge on any atom is -0.384 e. The molecule has 92 valence electrons. The zero-order chi connectivity index (χ0) is 12.5. The van der Waals surface area contributed by atoms with Gasteiger partial charge in [-0.05, 0) is 18.6 Å². The molecule has 0 spiro atoms. The van der Waals surface area contributed by atoms with Crippen LogP contribution in [0.3, 0.4) is 0 Å². The Labute approximate surface area is 106 Å². The molecule has 1 aromatic rings. The second kappa shape index (κ2) is 7.88. The van der Waals surface area contributed by atoms with Gasteiger partial charge in [0.15, 0.2) is 0 Å². The van der Waals surface area contributed by atoms with Crippen molar-refractivity contribution in [3.63, 3.8) is 0 Å². The lowest BCUT2D eigenvalue weighted by Crippen LogP contribution is -2.23. The molecule has 17 heavy (non-hydrogen) atoms. The maximum Gasteiger partial charge on any atom is 0.261 e. The highest BCUT2D eigenvalue weighted by atomic mass is 32.1. The maximum absolute atomic E-state index is 11.7. The third-order valence-corrected chi connectivity index (χ3v) is 3.19. The predicted octanol–water partition coefficient (Wildman–Crippen LogP) is 2.01. The molecule has 0 saturated heterocycles. The van der Waals surface area contributed by atoms with Crippen molar-refractivity contribution in [1.29, 1.82) is 0 Å². The van der Waals surface area contributed by atoms with E-state index in [1.165, 1.54) is 11.3 Å². The summed E-state index contributed by atoms with van der Waals surface area (Å²) in [6, 6.07) is 3.56. The molecular formula is C13H17NO2S. The fourth-order valence-electron chi connectivity index (χ4n) is 1.32. The van der Waals surface area contributed by atoms with Gasteiger partial charge < -0.3 is 10.4 Å². The molecule has 2 N–H and O–H groups in total. The lowest BCUT2D eigenvalue weighted by Gasteiger charge is -2.01. The van der Waals surface area contributed by atoms with E-state index in [4.69, 9.17) is 5.11 Å². The van der Waals surface area contributed by atoms with Gasteiger partial charge in [0, 0.05) is 6.54 Å². The topological polar surface area (TPSA) is 49.3 Å². The lowest BCUT2D eigenvalue weighted by atomic mass is 10.2. The fourth-order valence-corrected chi connectivity index (χ4v) is 2.11. The Bertz CT molecular complexity index is 415. The number of hydrogen-bond donors (Lipinski definition) is 2. The Balaban J connectivity index is 2.43. The van der Waals surface area contributed by atoms with E-state index in [-0.39, 0.29) is 12.5 Å². The number of rotatable bonds is 5. The van der Waals surface area contributed by atoms with Crippen molar-refractivity contribution in [1.82, 2.24) is 5.32 Å². The number of unbranched alkanes of at least 4 members (excludes halogenated alkanes) is 2. The van der Waals surface area contributed by atoms with Gasteiger partial charge in [-0.3, -0.25) is 4.79 Å². The molecule has 0 aliphatic heterocycles. The summed E-state index contributed by atoms with van der Waals surface area (Å²) in [5.41, 5.74) is 0. The zero-order valence-electron chi connectivity index (χ0n) is 9.95. The highest BCUT2D eigenvalue weighted by Crippen LogP contribution is 2.15. The van der Waals surface area contributed by atoms with Crippen molar-refractivity contribution in [2.45, 2.75) is 26.2 Å². The molecule has 0 saturated carbocycles. The molecule has 0 atom stereocenters. The summed E-state index contributed by atoms with van der Waals surface area (Å²) in [7, 11) is 0. The average molecular weight is 251 g/mol. The van der Waals surface area contributed by atoms with Crippen LogP contribution in [0.2, 0.25) is 0 Å². The van der Waals surface area contributed by atoms with E-state index in [1.807, 2.05) is 0 Å². The Hall–Kier alpha value is -1.31. The summed E-state index contributed by atoms with van der Waals surface area (Å²) < 4.78 is 0. The molecule has 1 heterocycles. The van der Waals surface area contributed by atoms with Gasteiger partial charge in [-0.1, -0.05) is 31.6 Å². The monoisotopic (exact) mass is 251 g/mol. The molecule has 1 rings (SSSR count). The molecule has 0 aliphatic rings. The van der Waals surface area contributed by atoms with Gasteiger partial charge in [-0.15, -0.1) is 11.3 Å². The Morgan fingerprint density at radius 3 is 3.00 bits per heavy atom. The van der Waals surface area contributed by atoms with Gasteiger partial charge >= 0.3 is 0 Å². The van der Waals surface area contributed by atoms with Crippen molar-refractivity contribution < 1.29 is 9.90 Å². The molecule has 1 amide bonds. The van der Waals surface area contributed by atoms with E-state index in [1.54, 1.807) is 12.1 Å². The molecule has 0 bridgehead atoms. The van der Waals surface area contributed by atoms with Crippen LogP contribution in [0.1, 0.15) is 40.7 Å². The van der Waals surface area contributed by atoms with Crippen molar-refractivity contribution in [3.05, 3.63) is 21.9 Å². The summed E-state index contributed by atoms with van der Waals surface area (Å²) >= 11 is 1.35. The Morgan fingerprint density at radius 1 is 1.47 bits per heavy atom. The molecule has 0 radical (unpaired) electrons. The second-order valence-electron chi connectivity index (χ2n) is 3.59. The molecule has 4 heteroatoms. The summed E-state index contributed by atoms with van der Waals surface area (Å²) in [5, 5.41) is 11.4. The minimum absolute atomic E-state index is 0.0387. The van der Waals surface area contributed by atoms with Gasteiger partial charge in [0.25, 0.3) is 5.91 Å². The van der Waals surface area contributed by atoms with E-state index in [9.17, 15) is 4.79 Å². The quantitative estimate of drug-likeness (QED) is 0.621. The van der Waals surface area contributed by atoms with Gasteiger partial charge in [-0.2, -0.15) is 0 Å². The summed E-state index contributed by atoms with van der Waals surface area (Å²) in [6.07, 6.45) is 3.30. The van der Waals surface area contributed by atoms with Crippen molar-refractivity contribution in [2.24, 2.45) is 0 Å². The van der Waals surface area contributed by atoms with Gasteiger partial charge in [0.05, 0.1) is 9.75 Å². The highest BCUT2D eigenvalue weighted by molar-refractivity contribution is 7.14. The normalized spacial score (nSPS) is 9.53. The number of carbonyl (C=O) groups excluding carboxylic acids is 1. The smallest absolute Gasteiger partial charge is 0.261 e. The van der Waals surface area contributed by atoms with E-state index >= 15 is 0 Å². The first-order valence-electron chi connectivity index (χ1n) is 5.75. The van der Waals surface area contributed by atoms with Crippen LogP contribution in [-0.4, -0.2) is 24.2 Å². The van der Waals surface area contributed by atoms with E-state index in [2.05, 4.69) is 24.1 Å². The van der Waals surface area contributed by atoms with Crippen molar-refractivity contribution >= 4 is 17.2 Å². The van der Waals surface area contributed by atoms with Crippen LogP contribution in [0.5, 0.6) is 0 Å². The first-order valence-corrected chi connectivity index (χ1v) is 6.57. The largest absolute Gasteiger partial charge is 0.384 e. The first-order chi connectivity index (χ1) is 8.27. The summed E-state index contributed by atoms with van der Waals surface area (Å²) in [5.74, 6) is 5.31. The van der Waals surface area contributed by atoms with Gasteiger partial charge in [0.1, 0.15) is 6.61 Å². The lowest BCUT2D eigenvalue weighted by molar-refractivity contribution is 0.0957. The van der Waals surface area contributed by atoms with E-state index in [0.29, 0.717) is 4.88 Å². The minimum atomic E-state index is -0.156. The summed E-state index contributed by atoms with van der Waals surface area (Å²) in [4.78, 5) is 13.2. The number of aliphatic hydroxyl groups excluding tert-OH is 1. The number of hydrogen-bond acceptors (Lipinski definition) is 3. The molecule has 1 aromatic heterocycles. The average Bonchev–Trinajstić information content (AvgIpc) is 2.80. The third kappa shape index (κ3) is 5.03. The number of carbonyl (C=O) groups is 1. The van der Waals surface area contributed by atoms with Crippen LogP contribution in [0, 0.1) is 11.8 Å². The Morgan fingerprint density at radius 2 is 2.29 bits per heavy atom. The molecular weight excluding hydrogens is 234 g/mol. The first kappa shape index (κ1) is 13.8. The van der Waals surface area contributed by atoms with Crippen molar-refractivity contribution in [2.75, 3.05) is 13.2 Å². The van der Waals surface area contributed by atoms with Crippen LogP contribution < -0.4 is 5.32 Å². The number of nitrogens with one attached hydrogen (secondary N) is 1. The molecule has 0 unspecified atom stereocenters. The molecule has 0 aliphatic carbocycles. The predicted molar refractivity (Wildman–Crippen MR) is 70.1 cm³/mol. The van der Waals surface area contributed by atoms with Crippen molar-refractivity contribution in [3.8, 4) is 11.8 Å². The van der Waals surface area contributed by atoms with Gasteiger partial charge in [0.2, 0.25) is 0 Å². The SMILES string of the molecule is CCCCCNC(=O)c1ccc(C#CCO)s1. The van der Waals surface area contributed by atoms with Crippen LogP contribution in [-0.2, 0) is 0 Å². The Kier molecular flexibility index (Phi) is 6.38. The van der Waals surface area contributed by atoms with Crippen LogP contribution in [0.4, 0.5) is 0 Å². The maximum atomic E-state index is 11.7. The van der Waals surface area contributed by atoms with Crippen LogP contribution in [0.25, 0.3) is 0 Å². The fraction of sp³-hybridized carbons (Fsp3) is 0.462. The number of amides is 1. The van der Waals surface area contributed by atoms with E-state index < -0.39 is 0 Å². The number of thiophene rings is 1. The van der Waals surface area contributed by atoms with Crippen LogP contribution in [0.15, 0.2) is 12.1 Å². The molecule has 0 fully saturated rings. The summed E-state index contributed by atoms with van der Waals surface area (Å²) in [6.45, 7) is 2.70. The standard InChI is InChI=1S/C13H17NO2S/c1-2-3-4-9-14-13(16)12-8-7-11(17-12)6-5-10-15/h7-8,15H,2-4,9-10H2,1H3,(H,14,16). The van der Waals surface area contributed by atoms with E-state index in [0.717, 1.165) is 30.7 Å². The van der Waals surface area contributed by atoms with Crippen LogP contribution >= 0.6 is 11.3 Å². The molecule has 0 aromatic carbocycles. The highest BCUT2D eigenvalue weighted by Gasteiger charge is 2.07. The van der Waals surface area contributed by atoms with Gasteiger partial charge in [-0.25, -0.2) is 0 Å². The zero-order valence-corrected chi connectivity index (χ0v) is 10.8. The molecule has 3 nitrogen and oxygen atoms in total.